The number of aromatic nitrogens is 1. The molecule has 3 heterocycles. The van der Waals surface area contributed by atoms with Crippen molar-refractivity contribution in [1.82, 2.24) is 25.4 Å². The van der Waals surface area contributed by atoms with Gasteiger partial charge in [0.2, 0.25) is 5.91 Å². The van der Waals surface area contributed by atoms with Crippen LogP contribution < -0.4 is 10.6 Å². The smallest absolute Gasteiger partial charge is 0.312 e. The molecule has 9 nitrogen and oxygen atoms in total. The summed E-state index contributed by atoms with van der Waals surface area (Å²) >= 11 is 0. The first-order valence-corrected chi connectivity index (χ1v) is 9.75. The van der Waals surface area contributed by atoms with Crippen LogP contribution in [0, 0.1) is 0 Å². The van der Waals surface area contributed by atoms with E-state index in [0.29, 0.717) is 44.7 Å². The Labute approximate surface area is 167 Å². The van der Waals surface area contributed by atoms with Crippen molar-refractivity contribution < 1.29 is 19.2 Å². The van der Waals surface area contributed by atoms with Crippen LogP contribution in [0.25, 0.3) is 10.9 Å². The Hall–Kier alpha value is -3.36. The minimum atomic E-state index is -0.679. The lowest BCUT2D eigenvalue weighted by Gasteiger charge is -2.34. The van der Waals surface area contributed by atoms with E-state index >= 15 is 0 Å². The van der Waals surface area contributed by atoms with Crippen LogP contribution in [0.4, 0.5) is 0 Å². The van der Waals surface area contributed by atoms with Gasteiger partial charge in [-0.05, 0) is 18.6 Å². The number of rotatable bonds is 3. The molecule has 2 fully saturated rings. The molecule has 2 saturated heterocycles. The van der Waals surface area contributed by atoms with Crippen molar-refractivity contribution in [2.24, 2.45) is 0 Å². The molecule has 1 aromatic carbocycles. The second-order valence-corrected chi connectivity index (χ2v) is 7.37. The number of nitrogens with zero attached hydrogens (tertiary/aromatic N) is 2. The van der Waals surface area contributed by atoms with E-state index < -0.39 is 11.8 Å². The highest BCUT2D eigenvalue weighted by Gasteiger charge is 2.29. The van der Waals surface area contributed by atoms with E-state index in [1.807, 2.05) is 30.3 Å². The van der Waals surface area contributed by atoms with Crippen molar-refractivity contribution in [3.63, 3.8) is 0 Å². The maximum Gasteiger partial charge on any atom is 0.312 e. The number of hydrogen-bond donors (Lipinski definition) is 3. The first-order chi connectivity index (χ1) is 14.0. The molecule has 0 radical (unpaired) electrons. The van der Waals surface area contributed by atoms with Gasteiger partial charge in [-0.15, -0.1) is 0 Å². The second-order valence-electron chi connectivity index (χ2n) is 7.37. The molecule has 1 unspecified atom stereocenters. The van der Waals surface area contributed by atoms with Crippen LogP contribution in [0.3, 0.4) is 0 Å². The third-order valence-electron chi connectivity index (χ3n) is 5.40. The fourth-order valence-corrected chi connectivity index (χ4v) is 3.74. The monoisotopic (exact) mass is 397 g/mol. The summed E-state index contributed by atoms with van der Waals surface area (Å²) in [6, 6.07) is 9.38. The van der Waals surface area contributed by atoms with E-state index in [-0.39, 0.29) is 24.4 Å². The molecule has 3 N–H and O–H groups in total. The van der Waals surface area contributed by atoms with Gasteiger partial charge in [-0.3, -0.25) is 19.2 Å². The van der Waals surface area contributed by atoms with E-state index in [1.165, 1.54) is 4.90 Å². The molecule has 1 atom stereocenters. The Kier molecular flexibility index (Phi) is 5.20. The molecule has 0 spiro atoms. The highest BCUT2D eigenvalue weighted by molar-refractivity contribution is 6.35. The number of para-hydroxylation sites is 1. The molecule has 0 aliphatic carbocycles. The molecule has 1 aromatic heterocycles. The van der Waals surface area contributed by atoms with Crippen LogP contribution in [0.15, 0.2) is 30.3 Å². The number of benzene rings is 1. The fraction of sp³-hybridized carbons (Fsp3) is 0.400. The molecular formula is C20H23N5O4. The highest BCUT2D eigenvalue weighted by atomic mass is 16.2. The standard InChI is InChI=1S/C20H23N5O4/c26-17-6-5-14(22-17)12-21-18(27)20(29)25-9-7-24(8-10-25)19(28)16-11-13-3-1-2-4-15(13)23-16/h1-4,11,14,23H,5-10,12H2,(H,21,27)(H,22,26). The van der Waals surface area contributed by atoms with Gasteiger partial charge in [0.1, 0.15) is 5.69 Å². The molecular weight excluding hydrogens is 374 g/mol. The normalized spacial score (nSPS) is 19.3. The van der Waals surface area contributed by atoms with Crippen molar-refractivity contribution in [3.8, 4) is 0 Å². The summed E-state index contributed by atoms with van der Waals surface area (Å²) in [6.45, 7) is 1.59. The van der Waals surface area contributed by atoms with Crippen molar-refractivity contribution in [1.29, 1.82) is 0 Å². The SMILES string of the molecule is O=C1CCC(CNC(=O)C(=O)N2CCN(C(=O)c3cc4ccccc4[nH]3)CC2)N1. The number of nitrogens with one attached hydrogen (secondary N) is 3. The lowest BCUT2D eigenvalue weighted by Crippen LogP contribution is -2.54. The second kappa shape index (κ2) is 7.94. The predicted molar refractivity (Wildman–Crippen MR) is 105 cm³/mol. The van der Waals surface area contributed by atoms with Gasteiger partial charge in [0.05, 0.1) is 0 Å². The Morgan fingerprint density at radius 3 is 2.48 bits per heavy atom. The zero-order valence-electron chi connectivity index (χ0n) is 15.9. The van der Waals surface area contributed by atoms with Crippen LogP contribution in [0.1, 0.15) is 23.3 Å². The van der Waals surface area contributed by atoms with Crippen LogP contribution in [0.2, 0.25) is 0 Å². The fourth-order valence-electron chi connectivity index (χ4n) is 3.74. The summed E-state index contributed by atoms with van der Waals surface area (Å²) in [5.74, 6) is -1.44. The number of carbonyl (C=O) groups excluding carboxylic acids is 4. The summed E-state index contributed by atoms with van der Waals surface area (Å²) in [5.41, 5.74) is 1.42. The molecule has 29 heavy (non-hydrogen) atoms. The predicted octanol–water partition coefficient (Wildman–Crippen LogP) is -0.153. The lowest BCUT2D eigenvalue weighted by molar-refractivity contribution is -0.146. The van der Waals surface area contributed by atoms with Crippen molar-refractivity contribution in [3.05, 3.63) is 36.0 Å². The van der Waals surface area contributed by atoms with Crippen LogP contribution in [-0.4, -0.2) is 77.2 Å². The molecule has 2 aromatic rings. The third kappa shape index (κ3) is 4.08. The quantitative estimate of drug-likeness (QED) is 0.625. The van der Waals surface area contributed by atoms with Crippen LogP contribution in [-0.2, 0) is 14.4 Å². The van der Waals surface area contributed by atoms with Gasteiger partial charge in [-0.2, -0.15) is 0 Å². The largest absolute Gasteiger partial charge is 0.352 e. The summed E-state index contributed by atoms with van der Waals surface area (Å²) in [6.07, 6.45) is 1.10. The lowest BCUT2D eigenvalue weighted by atomic mass is 10.2. The van der Waals surface area contributed by atoms with E-state index in [2.05, 4.69) is 15.6 Å². The summed E-state index contributed by atoms with van der Waals surface area (Å²) in [7, 11) is 0. The zero-order valence-corrected chi connectivity index (χ0v) is 15.9. The molecule has 4 rings (SSSR count). The average Bonchev–Trinajstić information content (AvgIpc) is 3.37. The maximum absolute atomic E-state index is 12.7. The molecule has 2 aliphatic heterocycles. The molecule has 4 amide bonds. The molecule has 152 valence electrons. The molecule has 0 bridgehead atoms. The van der Waals surface area contributed by atoms with Gasteiger partial charge in [0.25, 0.3) is 5.91 Å². The number of hydrogen-bond acceptors (Lipinski definition) is 4. The van der Waals surface area contributed by atoms with Gasteiger partial charge >= 0.3 is 11.8 Å². The van der Waals surface area contributed by atoms with E-state index in [4.69, 9.17) is 0 Å². The Morgan fingerprint density at radius 1 is 1.07 bits per heavy atom. The summed E-state index contributed by atoms with van der Waals surface area (Å²) < 4.78 is 0. The van der Waals surface area contributed by atoms with Gasteiger partial charge in [-0.1, -0.05) is 18.2 Å². The Bertz CT molecular complexity index is 928. The first kappa shape index (κ1) is 19.0. The van der Waals surface area contributed by atoms with Gasteiger partial charge in [-0.25, -0.2) is 0 Å². The first-order valence-electron chi connectivity index (χ1n) is 9.75. The van der Waals surface area contributed by atoms with Gasteiger partial charge in [0, 0.05) is 56.1 Å². The number of amides is 4. The number of aromatic amines is 1. The summed E-state index contributed by atoms with van der Waals surface area (Å²) in [4.78, 5) is 54.6. The van der Waals surface area contributed by atoms with E-state index in [1.54, 1.807) is 4.90 Å². The molecule has 0 saturated carbocycles. The number of fused-ring (bicyclic) bond motifs is 1. The van der Waals surface area contributed by atoms with Crippen LogP contribution in [0.5, 0.6) is 0 Å². The van der Waals surface area contributed by atoms with E-state index in [9.17, 15) is 19.2 Å². The molecule has 2 aliphatic rings. The number of carbonyl (C=O) groups is 4. The third-order valence-corrected chi connectivity index (χ3v) is 5.40. The topological polar surface area (TPSA) is 115 Å². The zero-order chi connectivity index (χ0) is 20.4. The highest BCUT2D eigenvalue weighted by Crippen LogP contribution is 2.17. The van der Waals surface area contributed by atoms with Crippen molar-refractivity contribution in [2.45, 2.75) is 18.9 Å². The minimum Gasteiger partial charge on any atom is -0.352 e. The Morgan fingerprint density at radius 2 is 1.79 bits per heavy atom. The van der Waals surface area contributed by atoms with Gasteiger partial charge in [0.15, 0.2) is 0 Å². The van der Waals surface area contributed by atoms with Crippen LogP contribution >= 0.6 is 0 Å². The van der Waals surface area contributed by atoms with E-state index in [0.717, 1.165) is 10.9 Å². The van der Waals surface area contributed by atoms with Gasteiger partial charge < -0.3 is 25.4 Å². The van der Waals surface area contributed by atoms with Crippen molar-refractivity contribution >= 4 is 34.5 Å². The minimum absolute atomic E-state index is 0.0358. The number of H-pyrrole nitrogens is 1. The summed E-state index contributed by atoms with van der Waals surface area (Å²) in [5, 5.41) is 6.30. The Balaban J connectivity index is 1.28. The average molecular weight is 397 g/mol. The molecule has 9 heteroatoms. The maximum atomic E-state index is 12.7. The number of piperazine rings is 1. The van der Waals surface area contributed by atoms with Crippen molar-refractivity contribution in [2.75, 3.05) is 32.7 Å².